The third-order valence-corrected chi connectivity index (χ3v) is 2.84. The molecule has 102 valence electrons. The minimum atomic E-state index is -0.846. The van der Waals surface area contributed by atoms with Gasteiger partial charge in [0.25, 0.3) is 0 Å². The second-order valence-corrected chi connectivity index (χ2v) is 4.37. The number of unbranched alkanes of at least 4 members (excludes halogenated alkanes) is 1. The molecule has 0 amide bonds. The number of nitrogens with zero attached hydrogens (tertiary/aromatic N) is 3. The van der Waals surface area contributed by atoms with Gasteiger partial charge in [0.1, 0.15) is 0 Å². The molecule has 0 atom stereocenters. The second-order valence-electron chi connectivity index (χ2n) is 4.37. The van der Waals surface area contributed by atoms with Gasteiger partial charge in [0.15, 0.2) is 11.6 Å². The number of benzene rings is 1. The van der Waals surface area contributed by atoms with Crippen molar-refractivity contribution in [1.29, 1.82) is 0 Å². The topological polar surface area (TPSA) is 56.7 Å². The van der Waals surface area contributed by atoms with Gasteiger partial charge in [-0.25, -0.2) is 13.5 Å². The number of halogens is 2. The molecule has 4 nitrogen and oxygen atoms in total. The molecule has 6 heteroatoms. The van der Waals surface area contributed by atoms with Crippen LogP contribution in [0.15, 0.2) is 24.4 Å². The highest BCUT2D eigenvalue weighted by atomic mass is 19.2. The molecule has 1 heterocycles. The first-order valence-electron chi connectivity index (χ1n) is 6.22. The molecule has 0 bridgehead atoms. The molecule has 0 fully saturated rings. The van der Waals surface area contributed by atoms with E-state index in [1.54, 1.807) is 6.20 Å². The fourth-order valence-electron chi connectivity index (χ4n) is 1.83. The maximum absolute atomic E-state index is 13.5. The molecule has 0 spiro atoms. The monoisotopic (exact) mass is 266 g/mol. The molecule has 0 radical (unpaired) electrons. The number of aryl methyl sites for hydroxylation is 1. The number of hydrogen-bond donors (Lipinski definition) is 1. The van der Waals surface area contributed by atoms with Crippen molar-refractivity contribution in [3.8, 4) is 0 Å². The van der Waals surface area contributed by atoms with Crippen molar-refractivity contribution >= 4 is 0 Å². The van der Waals surface area contributed by atoms with Crippen molar-refractivity contribution in [1.82, 2.24) is 15.0 Å². The molecule has 2 rings (SSSR count). The van der Waals surface area contributed by atoms with Gasteiger partial charge in [0.05, 0.1) is 12.2 Å². The van der Waals surface area contributed by atoms with Gasteiger partial charge in [-0.15, -0.1) is 5.10 Å². The lowest BCUT2D eigenvalue weighted by Crippen LogP contribution is -2.04. The number of nitrogens with two attached hydrogens (primary N) is 1. The van der Waals surface area contributed by atoms with E-state index in [9.17, 15) is 8.78 Å². The molecule has 0 unspecified atom stereocenters. The van der Waals surface area contributed by atoms with Gasteiger partial charge in [-0.05, 0) is 31.9 Å². The van der Waals surface area contributed by atoms with Crippen LogP contribution in [-0.2, 0) is 13.0 Å². The summed E-state index contributed by atoms with van der Waals surface area (Å²) in [6.45, 7) is 0.829. The average molecular weight is 266 g/mol. The Morgan fingerprint density at radius 1 is 1.21 bits per heavy atom. The van der Waals surface area contributed by atoms with Gasteiger partial charge in [0.2, 0.25) is 0 Å². The summed E-state index contributed by atoms with van der Waals surface area (Å²) in [6, 6.07) is 4.11. The molecule has 2 N–H and O–H groups in total. The van der Waals surface area contributed by atoms with Gasteiger partial charge >= 0.3 is 0 Å². The van der Waals surface area contributed by atoms with E-state index < -0.39 is 11.6 Å². The molecule has 0 saturated heterocycles. The lowest BCUT2D eigenvalue weighted by Gasteiger charge is -2.03. The van der Waals surface area contributed by atoms with Crippen LogP contribution in [0.5, 0.6) is 0 Å². The van der Waals surface area contributed by atoms with Crippen LogP contribution in [0, 0.1) is 11.6 Å². The molecule has 1 aromatic carbocycles. The highest BCUT2D eigenvalue weighted by Gasteiger charge is 2.09. The number of aromatic nitrogens is 3. The molecular weight excluding hydrogens is 250 g/mol. The predicted octanol–water partition coefficient (Wildman–Crippen LogP) is 1.89. The van der Waals surface area contributed by atoms with Crippen LogP contribution >= 0.6 is 0 Å². The first kappa shape index (κ1) is 13.6. The maximum Gasteiger partial charge on any atom is 0.163 e. The summed E-state index contributed by atoms with van der Waals surface area (Å²) in [7, 11) is 0. The van der Waals surface area contributed by atoms with Crippen LogP contribution in [0.4, 0.5) is 8.78 Å². The molecule has 0 aliphatic heterocycles. The molecule has 19 heavy (non-hydrogen) atoms. The zero-order chi connectivity index (χ0) is 13.7. The standard InChI is InChI=1S/C13H16F2N4/c14-12-6-3-4-10(13(12)15)8-19-9-11(17-18-19)5-1-2-7-16/h3-4,6,9H,1-2,5,7-8,16H2. The van der Waals surface area contributed by atoms with Crippen LogP contribution in [0.1, 0.15) is 24.1 Å². The van der Waals surface area contributed by atoms with Crippen molar-refractivity contribution in [3.63, 3.8) is 0 Å². The SMILES string of the molecule is NCCCCc1cn(Cc2cccc(F)c2F)nn1. The lowest BCUT2D eigenvalue weighted by atomic mass is 10.2. The minimum Gasteiger partial charge on any atom is -0.330 e. The van der Waals surface area contributed by atoms with Gasteiger partial charge in [0, 0.05) is 11.8 Å². The van der Waals surface area contributed by atoms with E-state index >= 15 is 0 Å². The van der Waals surface area contributed by atoms with Crippen molar-refractivity contribution < 1.29 is 8.78 Å². The quantitative estimate of drug-likeness (QED) is 0.812. The van der Waals surface area contributed by atoms with Crippen molar-refractivity contribution in [2.24, 2.45) is 5.73 Å². The highest BCUT2D eigenvalue weighted by Crippen LogP contribution is 2.12. The van der Waals surface area contributed by atoms with Crippen LogP contribution in [0.3, 0.4) is 0 Å². The van der Waals surface area contributed by atoms with E-state index in [2.05, 4.69) is 10.3 Å². The molecule has 2 aromatic rings. The molecule has 0 aliphatic rings. The Kier molecular flexibility index (Phi) is 4.57. The Hall–Kier alpha value is -1.82. The summed E-state index contributed by atoms with van der Waals surface area (Å²) in [5.41, 5.74) is 6.51. The summed E-state index contributed by atoms with van der Waals surface area (Å²) in [5.74, 6) is -1.68. The second kappa shape index (κ2) is 6.38. The minimum absolute atomic E-state index is 0.174. The molecule has 0 aliphatic carbocycles. The molecule has 0 saturated carbocycles. The Morgan fingerprint density at radius 2 is 2.05 bits per heavy atom. The highest BCUT2D eigenvalue weighted by molar-refractivity contribution is 5.19. The molecule has 1 aromatic heterocycles. The Labute approximate surface area is 110 Å². The Bertz CT molecular complexity index is 539. The van der Waals surface area contributed by atoms with Crippen molar-refractivity contribution in [3.05, 3.63) is 47.3 Å². The normalized spacial score (nSPS) is 10.9. The van der Waals surface area contributed by atoms with Gasteiger partial charge in [-0.1, -0.05) is 17.3 Å². The zero-order valence-corrected chi connectivity index (χ0v) is 10.5. The summed E-state index contributed by atoms with van der Waals surface area (Å²) in [6.07, 6.45) is 4.43. The molecular formula is C13H16F2N4. The Morgan fingerprint density at radius 3 is 2.84 bits per heavy atom. The average Bonchev–Trinajstić information content (AvgIpc) is 2.83. The van der Waals surface area contributed by atoms with E-state index in [1.807, 2.05) is 0 Å². The van der Waals surface area contributed by atoms with E-state index in [4.69, 9.17) is 5.73 Å². The third-order valence-electron chi connectivity index (χ3n) is 2.84. The maximum atomic E-state index is 13.5. The van der Waals surface area contributed by atoms with Crippen LogP contribution in [0.25, 0.3) is 0 Å². The number of hydrogen-bond acceptors (Lipinski definition) is 3. The van der Waals surface area contributed by atoms with Crippen LogP contribution in [0.2, 0.25) is 0 Å². The first-order valence-corrected chi connectivity index (χ1v) is 6.22. The predicted molar refractivity (Wildman–Crippen MR) is 67.5 cm³/mol. The summed E-state index contributed by atoms with van der Waals surface area (Å²) in [4.78, 5) is 0. The van der Waals surface area contributed by atoms with Crippen LogP contribution < -0.4 is 5.73 Å². The number of rotatable bonds is 6. The summed E-state index contributed by atoms with van der Waals surface area (Å²) in [5, 5.41) is 7.90. The van der Waals surface area contributed by atoms with Gasteiger partial charge in [-0.3, -0.25) is 0 Å². The van der Waals surface area contributed by atoms with Crippen molar-refractivity contribution in [2.75, 3.05) is 6.54 Å². The van der Waals surface area contributed by atoms with Crippen LogP contribution in [-0.4, -0.2) is 21.5 Å². The fourth-order valence-corrected chi connectivity index (χ4v) is 1.83. The van der Waals surface area contributed by atoms with E-state index in [0.717, 1.165) is 31.0 Å². The van der Waals surface area contributed by atoms with Crippen molar-refractivity contribution in [2.45, 2.75) is 25.8 Å². The van der Waals surface area contributed by atoms with Gasteiger partial charge < -0.3 is 5.73 Å². The Balaban J connectivity index is 2.01. The van der Waals surface area contributed by atoms with E-state index in [-0.39, 0.29) is 12.1 Å². The van der Waals surface area contributed by atoms with E-state index in [1.165, 1.54) is 16.8 Å². The van der Waals surface area contributed by atoms with E-state index in [0.29, 0.717) is 6.54 Å². The van der Waals surface area contributed by atoms with Gasteiger partial charge in [-0.2, -0.15) is 0 Å². The summed E-state index contributed by atoms with van der Waals surface area (Å²) < 4.78 is 28.1. The zero-order valence-electron chi connectivity index (χ0n) is 10.5. The fraction of sp³-hybridized carbons (Fsp3) is 0.385. The third kappa shape index (κ3) is 3.57. The summed E-state index contributed by atoms with van der Waals surface area (Å²) >= 11 is 0. The smallest absolute Gasteiger partial charge is 0.163 e. The largest absolute Gasteiger partial charge is 0.330 e. The first-order chi connectivity index (χ1) is 9.20. The lowest BCUT2D eigenvalue weighted by molar-refractivity contribution is 0.490.